The van der Waals surface area contributed by atoms with Gasteiger partial charge in [-0.2, -0.15) is 9.97 Å². The summed E-state index contributed by atoms with van der Waals surface area (Å²) in [5.41, 5.74) is 3.74. The van der Waals surface area contributed by atoms with E-state index in [4.69, 9.17) is 14.7 Å². The van der Waals surface area contributed by atoms with Crippen molar-refractivity contribution in [3.05, 3.63) is 52.7 Å². The van der Waals surface area contributed by atoms with E-state index in [9.17, 15) is 9.90 Å². The Kier molecular flexibility index (Phi) is 10.1. The zero-order chi connectivity index (χ0) is 29.6. The molecule has 6 rings (SSSR count). The number of amides is 1. The van der Waals surface area contributed by atoms with Gasteiger partial charge in [-0.05, 0) is 73.9 Å². The number of aromatic hydroxyl groups is 1. The van der Waals surface area contributed by atoms with Crippen LogP contribution < -0.4 is 9.64 Å². The summed E-state index contributed by atoms with van der Waals surface area (Å²) in [5.74, 6) is 0.927. The van der Waals surface area contributed by atoms with Crippen LogP contribution in [-0.4, -0.2) is 45.6 Å². The van der Waals surface area contributed by atoms with Crippen LogP contribution >= 0.6 is 0 Å². The predicted molar refractivity (Wildman–Crippen MR) is 167 cm³/mol. The molecule has 1 aromatic heterocycles. The average molecular weight is 561 g/mol. The number of nitrogens with zero attached hydrogens (tertiary/aromatic N) is 4. The SMILES string of the molecule is CC.CC.CCCC1(COc2nc3c(c(N4CCCCC4)n2)CN(C(=O)c2cc(O)cc4cccc(C)c24)C3)CC1. The van der Waals surface area contributed by atoms with Gasteiger partial charge in [0.25, 0.3) is 5.91 Å². The Labute approximate surface area is 245 Å². The summed E-state index contributed by atoms with van der Waals surface area (Å²) in [6.45, 7) is 15.7. The van der Waals surface area contributed by atoms with Crippen LogP contribution in [0.3, 0.4) is 0 Å². The van der Waals surface area contributed by atoms with Crippen LogP contribution in [0, 0.1) is 12.3 Å². The van der Waals surface area contributed by atoms with Crippen LogP contribution in [0.25, 0.3) is 10.8 Å². The molecular formula is C34H48N4O3. The lowest BCUT2D eigenvalue weighted by Gasteiger charge is -2.29. The van der Waals surface area contributed by atoms with Crippen molar-refractivity contribution in [1.29, 1.82) is 0 Å². The average Bonchev–Trinajstić information content (AvgIpc) is 3.64. The number of phenols is 1. The summed E-state index contributed by atoms with van der Waals surface area (Å²) in [7, 11) is 0. The van der Waals surface area contributed by atoms with Gasteiger partial charge in [0.05, 0.1) is 31.0 Å². The van der Waals surface area contributed by atoms with E-state index in [1.54, 1.807) is 12.1 Å². The number of anilines is 1. The fourth-order valence-electron chi connectivity index (χ4n) is 6.12. The first-order chi connectivity index (χ1) is 20.0. The second-order valence-electron chi connectivity index (χ2n) is 11.2. The zero-order valence-electron chi connectivity index (χ0n) is 25.9. The first-order valence-corrected chi connectivity index (χ1v) is 15.8. The van der Waals surface area contributed by atoms with Crippen molar-refractivity contribution in [2.45, 2.75) is 99.6 Å². The maximum atomic E-state index is 13.9. The van der Waals surface area contributed by atoms with Crippen LogP contribution in [0.5, 0.6) is 11.8 Å². The predicted octanol–water partition coefficient (Wildman–Crippen LogP) is 7.80. The number of rotatable bonds is 7. The number of ether oxygens (including phenoxy) is 1. The quantitative estimate of drug-likeness (QED) is 0.318. The van der Waals surface area contributed by atoms with Gasteiger partial charge in [0.2, 0.25) is 0 Å². The van der Waals surface area contributed by atoms with Crippen LogP contribution in [-0.2, 0) is 13.1 Å². The Bertz CT molecular complexity index is 1350. The number of piperidine rings is 1. The number of carbonyl (C=O) groups excluding carboxylic acids is 1. The Balaban J connectivity index is 0.000000929. The molecule has 1 saturated carbocycles. The topological polar surface area (TPSA) is 78.8 Å². The molecule has 2 aliphatic heterocycles. The van der Waals surface area contributed by atoms with Gasteiger partial charge in [0, 0.05) is 24.1 Å². The molecule has 0 atom stereocenters. The van der Waals surface area contributed by atoms with Gasteiger partial charge in [0.1, 0.15) is 11.6 Å². The minimum Gasteiger partial charge on any atom is -0.508 e. The highest BCUT2D eigenvalue weighted by Crippen LogP contribution is 2.49. The Hall–Kier alpha value is -3.35. The first-order valence-electron chi connectivity index (χ1n) is 15.8. The maximum absolute atomic E-state index is 13.9. The highest BCUT2D eigenvalue weighted by molar-refractivity contribution is 6.09. The van der Waals surface area contributed by atoms with Crippen LogP contribution in [0.15, 0.2) is 30.3 Å². The van der Waals surface area contributed by atoms with Crippen molar-refractivity contribution >= 4 is 22.5 Å². The number of aryl methyl sites for hydroxylation is 1. The molecule has 3 aromatic rings. The molecule has 0 radical (unpaired) electrons. The molecule has 7 nitrogen and oxygen atoms in total. The molecule has 3 aliphatic rings. The number of benzene rings is 2. The van der Waals surface area contributed by atoms with E-state index in [1.807, 2.05) is 57.7 Å². The molecule has 41 heavy (non-hydrogen) atoms. The molecule has 3 heterocycles. The number of aromatic nitrogens is 2. The van der Waals surface area contributed by atoms with Gasteiger partial charge < -0.3 is 19.6 Å². The molecule has 0 unspecified atom stereocenters. The number of carbonyl (C=O) groups is 1. The van der Waals surface area contributed by atoms with Crippen LogP contribution in [0.4, 0.5) is 5.82 Å². The third kappa shape index (κ3) is 6.60. The zero-order valence-corrected chi connectivity index (χ0v) is 25.9. The molecule has 222 valence electrons. The number of fused-ring (bicyclic) bond motifs is 2. The van der Waals surface area contributed by atoms with Crippen molar-refractivity contribution in [3.8, 4) is 11.8 Å². The summed E-state index contributed by atoms with van der Waals surface area (Å²) in [6, 6.07) is 9.64. The monoisotopic (exact) mass is 560 g/mol. The third-order valence-electron chi connectivity index (χ3n) is 8.33. The van der Waals surface area contributed by atoms with Gasteiger partial charge in [-0.3, -0.25) is 4.79 Å². The fraction of sp³-hybridized carbons (Fsp3) is 0.559. The van der Waals surface area contributed by atoms with E-state index in [0.717, 1.165) is 65.8 Å². The van der Waals surface area contributed by atoms with Crippen molar-refractivity contribution in [3.63, 3.8) is 0 Å². The normalized spacial score (nSPS) is 16.7. The lowest BCUT2D eigenvalue weighted by molar-refractivity contribution is 0.0752. The number of hydrogen-bond acceptors (Lipinski definition) is 6. The molecule has 7 heteroatoms. The van der Waals surface area contributed by atoms with Gasteiger partial charge in [-0.1, -0.05) is 59.2 Å². The molecule has 0 spiro atoms. The highest BCUT2D eigenvalue weighted by atomic mass is 16.5. The highest BCUT2D eigenvalue weighted by Gasteiger charge is 2.43. The Morgan fingerprint density at radius 3 is 2.44 bits per heavy atom. The van der Waals surface area contributed by atoms with E-state index < -0.39 is 0 Å². The van der Waals surface area contributed by atoms with Crippen LogP contribution in [0.1, 0.15) is 107 Å². The summed E-state index contributed by atoms with van der Waals surface area (Å²) < 4.78 is 6.23. The molecule has 0 bridgehead atoms. The Morgan fingerprint density at radius 2 is 1.76 bits per heavy atom. The minimum atomic E-state index is -0.0971. The second-order valence-corrected chi connectivity index (χ2v) is 11.2. The smallest absolute Gasteiger partial charge is 0.318 e. The first kappa shape index (κ1) is 30.6. The summed E-state index contributed by atoms with van der Waals surface area (Å²) in [5, 5.41) is 12.1. The van der Waals surface area contributed by atoms with Gasteiger partial charge >= 0.3 is 6.01 Å². The molecule has 1 saturated heterocycles. The summed E-state index contributed by atoms with van der Waals surface area (Å²) in [6.07, 6.45) is 8.29. The number of phenolic OH excluding ortho intramolecular Hbond substituents is 1. The molecule has 2 fully saturated rings. The second kappa shape index (κ2) is 13.5. The fourth-order valence-corrected chi connectivity index (χ4v) is 6.12. The van der Waals surface area contributed by atoms with E-state index in [-0.39, 0.29) is 11.7 Å². The van der Waals surface area contributed by atoms with Crippen molar-refractivity contribution in [2.24, 2.45) is 5.41 Å². The van der Waals surface area contributed by atoms with Crippen molar-refractivity contribution in [1.82, 2.24) is 14.9 Å². The Morgan fingerprint density at radius 1 is 1.02 bits per heavy atom. The number of hydrogen-bond donors (Lipinski definition) is 1. The molecule has 1 amide bonds. The molecular weight excluding hydrogens is 512 g/mol. The largest absolute Gasteiger partial charge is 0.508 e. The summed E-state index contributed by atoms with van der Waals surface area (Å²) in [4.78, 5) is 27.8. The molecule has 1 N–H and O–H groups in total. The van der Waals surface area contributed by atoms with Crippen molar-refractivity contribution < 1.29 is 14.6 Å². The van der Waals surface area contributed by atoms with Crippen LogP contribution in [0.2, 0.25) is 0 Å². The lowest BCUT2D eigenvalue weighted by Crippen LogP contribution is -2.32. The van der Waals surface area contributed by atoms with Crippen molar-refractivity contribution in [2.75, 3.05) is 24.6 Å². The third-order valence-corrected chi connectivity index (χ3v) is 8.33. The van der Waals surface area contributed by atoms with E-state index in [0.29, 0.717) is 36.7 Å². The molecule has 1 aliphatic carbocycles. The molecule has 2 aromatic carbocycles. The minimum absolute atomic E-state index is 0.0971. The van der Waals surface area contributed by atoms with Gasteiger partial charge in [0.15, 0.2) is 0 Å². The standard InChI is InChI=1S/C30H36N4O3.2C2H6/c1-3-10-30(11-12-30)19-37-29-31-25-18-34(17-24(25)27(32-29)33-13-5-4-6-14-33)28(36)23-16-22(35)15-21-9-7-8-20(2)26(21)23;2*1-2/h7-9,15-16,35H,3-6,10-14,17-19H2,1-2H3;2*1-2H3. The maximum Gasteiger partial charge on any atom is 0.318 e. The van der Waals surface area contributed by atoms with E-state index in [1.165, 1.54) is 25.7 Å². The van der Waals surface area contributed by atoms with E-state index >= 15 is 0 Å². The van der Waals surface area contributed by atoms with Gasteiger partial charge in [-0.15, -0.1) is 0 Å². The van der Waals surface area contributed by atoms with E-state index in [2.05, 4.69) is 11.8 Å². The van der Waals surface area contributed by atoms with Gasteiger partial charge in [-0.25, -0.2) is 0 Å². The summed E-state index contributed by atoms with van der Waals surface area (Å²) >= 11 is 0. The lowest BCUT2D eigenvalue weighted by atomic mass is 9.98.